The van der Waals surface area contributed by atoms with Gasteiger partial charge in [0.25, 0.3) is 0 Å². The summed E-state index contributed by atoms with van der Waals surface area (Å²) < 4.78 is 2.41. The molecule has 22 heavy (non-hydrogen) atoms. The highest BCUT2D eigenvalue weighted by atomic mass is 15.0. The van der Waals surface area contributed by atoms with Crippen LogP contribution in [-0.2, 0) is 7.05 Å². The molecule has 0 bridgehead atoms. The van der Waals surface area contributed by atoms with Crippen LogP contribution in [0.3, 0.4) is 0 Å². The van der Waals surface area contributed by atoms with Crippen molar-refractivity contribution in [2.45, 2.75) is 5.92 Å². The summed E-state index contributed by atoms with van der Waals surface area (Å²) in [6.45, 7) is 0. The van der Waals surface area contributed by atoms with Crippen LogP contribution in [0.1, 0.15) is 17.2 Å². The van der Waals surface area contributed by atoms with Gasteiger partial charge in [-0.3, -0.25) is 0 Å². The Balaban J connectivity index is 1.93. The summed E-state index contributed by atoms with van der Waals surface area (Å²) in [7, 11) is 2.22. The molecule has 0 radical (unpaired) electrons. The minimum absolute atomic E-state index is 0.459. The number of allylic oxidation sites excluding steroid dienone is 5. The first-order valence-corrected chi connectivity index (χ1v) is 7.88. The highest BCUT2D eigenvalue weighted by molar-refractivity contribution is 6.09. The summed E-state index contributed by atoms with van der Waals surface area (Å²) in [5.41, 5.74) is 4.19. The van der Waals surface area contributed by atoms with Crippen LogP contribution in [0, 0.1) is 5.92 Å². The lowest BCUT2D eigenvalue weighted by Crippen LogP contribution is -2.15. The molecule has 0 spiro atoms. The maximum Gasteiger partial charge on any atom is 0.0566 e. The van der Waals surface area contributed by atoms with E-state index in [0.717, 1.165) is 0 Å². The van der Waals surface area contributed by atoms with Crippen molar-refractivity contribution < 1.29 is 0 Å². The van der Waals surface area contributed by atoms with E-state index in [9.17, 15) is 0 Å². The summed E-state index contributed by atoms with van der Waals surface area (Å²) in [4.78, 5) is 0. The smallest absolute Gasteiger partial charge is 0.0566 e. The third-order valence-corrected chi connectivity index (χ3v) is 5.14. The van der Waals surface area contributed by atoms with E-state index in [-0.39, 0.29) is 0 Å². The lowest BCUT2D eigenvalue weighted by Gasteiger charge is -2.26. The van der Waals surface area contributed by atoms with Gasteiger partial charge in [-0.25, -0.2) is 0 Å². The lowest BCUT2D eigenvalue weighted by atomic mass is 9.80. The number of fused-ring (bicyclic) bond motifs is 7. The normalized spacial score (nSPS) is 22.2. The number of aromatic nitrogens is 1. The summed E-state index contributed by atoms with van der Waals surface area (Å²) in [5.74, 6) is 0.952. The molecular formula is C21H17N. The van der Waals surface area contributed by atoms with Crippen LogP contribution in [-0.4, -0.2) is 4.57 Å². The Morgan fingerprint density at radius 1 is 0.864 bits per heavy atom. The largest absolute Gasteiger partial charge is 0.346 e. The minimum atomic E-state index is 0.459. The van der Waals surface area contributed by atoms with E-state index in [1.165, 1.54) is 32.9 Å². The Labute approximate surface area is 129 Å². The molecule has 106 valence electrons. The maximum atomic E-state index is 2.41. The van der Waals surface area contributed by atoms with Gasteiger partial charge in [-0.1, -0.05) is 72.9 Å². The van der Waals surface area contributed by atoms with Crippen molar-refractivity contribution >= 4 is 27.8 Å². The standard InChI is InChI=1S/C21H17N/c1-22-20-16-8-4-2-6-14(16)10-12-18(20)19-13-11-15-7-3-5-9-17(15)21(19)22/h2-14,16H,1H3. The summed E-state index contributed by atoms with van der Waals surface area (Å²) in [6.07, 6.45) is 13.7. The van der Waals surface area contributed by atoms with Gasteiger partial charge in [0.2, 0.25) is 0 Å². The third kappa shape index (κ3) is 1.43. The Morgan fingerprint density at radius 3 is 2.68 bits per heavy atom. The molecule has 1 heterocycles. The third-order valence-electron chi connectivity index (χ3n) is 5.14. The molecule has 1 aromatic heterocycles. The second-order valence-electron chi connectivity index (χ2n) is 6.27. The number of benzene rings is 2. The molecule has 2 aliphatic rings. The number of nitrogens with zero attached hydrogens (tertiary/aromatic N) is 1. The monoisotopic (exact) mass is 283 g/mol. The zero-order valence-corrected chi connectivity index (χ0v) is 12.5. The molecule has 5 rings (SSSR count). The molecule has 2 unspecified atom stereocenters. The lowest BCUT2D eigenvalue weighted by molar-refractivity contribution is 0.645. The number of hydrogen-bond donors (Lipinski definition) is 0. The van der Waals surface area contributed by atoms with Crippen molar-refractivity contribution in [3.63, 3.8) is 0 Å². The molecular weight excluding hydrogens is 266 g/mol. The van der Waals surface area contributed by atoms with Crippen molar-refractivity contribution in [2.24, 2.45) is 13.0 Å². The average Bonchev–Trinajstić information content (AvgIpc) is 2.88. The van der Waals surface area contributed by atoms with Gasteiger partial charge in [0.05, 0.1) is 5.52 Å². The fourth-order valence-electron chi connectivity index (χ4n) is 4.14. The molecule has 2 aromatic carbocycles. The van der Waals surface area contributed by atoms with Gasteiger partial charge in [-0.2, -0.15) is 0 Å². The number of rotatable bonds is 0. The molecule has 0 amide bonds. The minimum Gasteiger partial charge on any atom is -0.346 e. The van der Waals surface area contributed by atoms with Gasteiger partial charge in [0.1, 0.15) is 0 Å². The molecule has 0 saturated carbocycles. The highest BCUT2D eigenvalue weighted by Crippen LogP contribution is 2.43. The molecule has 0 saturated heterocycles. The molecule has 3 aromatic rings. The Kier molecular flexibility index (Phi) is 2.32. The molecule has 1 nitrogen and oxygen atoms in total. The van der Waals surface area contributed by atoms with Crippen molar-refractivity contribution in [1.29, 1.82) is 0 Å². The van der Waals surface area contributed by atoms with Gasteiger partial charge in [0.15, 0.2) is 0 Å². The van der Waals surface area contributed by atoms with Crippen molar-refractivity contribution in [1.82, 2.24) is 4.57 Å². The van der Waals surface area contributed by atoms with Crippen LogP contribution < -0.4 is 0 Å². The van der Waals surface area contributed by atoms with E-state index in [1.54, 1.807) is 0 Å². The van der Waals surface area contributed by atoms with Crippen molar-refractivity contribution in [2.75, 3.05) is 0 Å². The molecule has 2 aliphatic carbocycles. The Bertz CT molecular complexity index is 998. The fraction of sp³-hybridized carbons (Fsp3) is 0.143. The van der Waals surface area contributed by atoms with Crippen LogP contribution in [0.25, 0.3) is 27.8 Å². The first-order valence-electron chi connectivity index (χ1n) is 7.88. The van der Waals surface area contributed by atoms with E-state index < -0.39 is 0 Å². The molecule has 2 atom stereocenters. The van der Waals surface area contributed by atoms with Crippen LogP contribution in [0.15, 0.2) is 66.8 Å². The first-order chi connectivity index (χ1) is 10.8. The van der Waals surface area contributed by atoms with Gasteiger partial charge in [0, 0.05) is 40.9 Å². The van der Waals surface area contributed by atoms with E-state index >= 15 is 0 Å². The maximum absolute atomic E-state index is 2.41. The van der Waals surface area contributed by atoms with E-state index in [2.05, 4.69) is 84.5 Å². The van der Waals surface area contributed by atoms with Crippen LogP contribution >= 0.6 is 0 Å². The summed E-state index contributed by atoms with van der Waals surface area (Å²) in [6, 6.07) is 13.2. The molecule has 0 fully saturated rings. The van der Waals surface area contributed by atoms with Gasteiger partial charge >= 0.3 is 0 Å². The zero-order valence-electron chi connectivity index (χ0n) is 12.5. The molecule has 1 heteroatoms. The van der Waals surface area contributed by atoms with E-state index in [0.29, 0.717) is 11.8 Å². The number of aryl methyl sites for hydroxylation is 1. The van der Waals surface area contributed by atoms with Gasteiger partial charge < -0.3 is 4.57 Å². The van der Waals surface area contributed by atoms with Crippen LogP contribution in [0.4, 0.5) is 0 Å². The Morgan fingerprint density at radius 2 is 1.73 bits per heavy atom. The van der Waals surface area contributed by atoms with E-state index in [4.69, 9.17) is 0 Å². The van der Waals surface area contributed by atoms with Gasteiger partial charge in [-0.05, 0) is 5.39 Å². The Hall–Kier alpha value is -2.54. The molecule has 0 aliphatic heterocycles. The zero-order chi connectivity index (χ0) is 14.7. The van der Waals surface area contributed by atoms with Gasteiger partial charge in [-0.15, -0.1) is 0 Å². The van der Waals surface area contributed by atoms with Crippen molar-refractivity contribution in [3.8, 4) is 0 Å². The van der Waals surface area contributed by atoms with Crippen LogP contribution in [0.2, 0.25) is 0 Å². The summed E-state index contributed by atoms with van der Waals surface area (Å²) in [5, 5.41) is 4.03. The quantitative estimate of drug-likeness (QED) is 0.535. The summed E-state index contributed by atoms with van der Waals surface area (Å²) >= 11 is 0. The average molecular weight is 283 g/mol. The van der Waals surface area contributed by atoms with E-state index in [1.807, 2.05) is 0 Å². The SMILES string of the molecule is Cn1c2c(c3ccc4ccccc4c31)C=CC1C=CC=CC21. The number of hydrogen-bond acceptors (Lipinski definition) is 0. The van der Waals surface area contributed by atoms with Crippen molar-refractivity contribution in [3.05, 3.63) is 78.0 Å². The molecule has 0 N–H and O–H groups in total. The highest BCUT2D eigenvalue weighted by Gasteiger charge is 2.29. The topological polar surface area (TPSA) is 4.93 Å². The second-order valence-corrected chi connectivity index (χ2v) is 6.27. The fourth-order valence-corrected chi connectivity index (χ4v) is 4.14. The predicted octanol–water partition coefficient (Wildman–Crippen LogP) is 5.18. The predicted molar refractivity (Wildman–Crippen MR) is 94.0 cm³/mol. The first kappa shape index (κ1) is 12.0. The van der Waals surface area contributed by atoms with Crippen LogP contribution in [0.5, 0.6) is 0 Å². The second kappa shape index (κ2) is 4.23.